The number of hydrogen-bond acceptors (Lipinski definition) is 5. The minimum atomic E-state index is -0.411. The van der Waals surface area contributed by atoms with Crippen LogP contribution in [0.4, 0.5) is 5.95 Å². The Kier molecular flexibility index (Phi) is 4.26. The summed E-state index contributed by atoms with van der Waals surface area (Å²) in [5.41, 5.74) is 4.81. The number of fused-ring (bicyclic) bond motifs is 1. The van der Waals surface area contributed by atoms with Crippen molar-refractivity contribution in [1.82, 2.24) is 18.7 Å². The zero-order valence-electron chi connectivity index (χ0n) is 14.6. The van der Waals surface area contributed by atoms with Gasteiger partial charge in [0.15, 0.2) is 11.2 Å². The molecule has 0 saturated heterocycles. The summed E-state index contributed by atoms with van der Waals surface area (Å²) in [6.07, 6.45) is 0.706. The second kappa shape index (κ2) is 6.39. The van der Waals surface area contributed by atoms with Crippen molar-refractivity contribution >= 4 is 22.8 Å². The van der Waals surface area contributed by atoms with E-state index in [-0.39, 0.29) is 5.56 Å². The molecule has 0 atom stereocenters. The zero-order chi connectivity index (χ0) is 18.1. The molecule has 0 aliphatic carbocycles. The first-order chi connectivity index (χ1) is 11.9. The predicted octanol–water partition coefficient (Wildman–Crippen LogP) is 1.00. The Balaban J connectivity index is 1.95. The van der Waals surface area contributed by atoms with Crippen molar-refractivity contribution in [3.63, 3.8) is 0 Å². The predicted molar refractivity (Wildman–Crippen MR) is 98.1 cm³/mol. The van der Waals surface area contributed by atoms with Crippen LogP contribution in [-0.2, 0) is 27.6 Å². The van der Waals surface area contributed by atoms with Crippen LogP contribution in [0.2, 0.25) is 0 Å². The largest absolute Gasteiger partial charge is 0.332 e. The summed E-state index contributed by atoms with van der Waals surface area (Å²) in [5, 5.41) is 4.34. The molecule has 130 valence electrons. The van der Waals surface area contributed by atoms with Gasteiger partial charge in [0, 0.05) is 33.3 Å². The maximum absolute atomic E-state index is 12.3. The van der Waals surface area contributed by atoms with E-state index < -0.39 is 5.69 Å². The summed E-state index contributed by atoms with van der Waals surface area (Å²) in [7, 11) is 4.75. The molecular weight excluding hydrogens is 320 g/mol. The SMILES string of the molecule is C/C(Cc1ccccc1)=N/Nc1nc2c(c(=O)n(C)c(=O)n2C)n1C. The lowest BCUT2D eigenvalue weighted by Crippen LogP contribution is -2.37. The van der Waals surface area contributed by atoms with E-state index in [0.29, 0.717) is 23.5 Å². The van der Waals surface area contributed by atoms with E-state index in [4.69, 9.17) is 0 Å². The Hall–Kier alpha value is -3.16. The van der Waals surface area contributed by atoms with Crippen molar-refractivity contribution < 1.29 is 0 Å². The lowest BCUT2D eigenvalue weighted by Gasteiger charge is -2.04. The molecule has 0 saturated carbocycles. The van der Waals surface area contributed by atoms with E-state index in [0.717, 1.165) is 15.8 Å². The van der Waals surface area contributed by atoms with Gasteiger partial charge in [0.1, 0.15) is 0 Å². The third kappa shape index (κ3) is 2.98. The van der Waals surface area contributed by atoms with E-state index >= 15 is 0 Å². The molecule has 1 aromatic carbocycles. The molecule has 0 amide bonds. The Morgan fingerprint density at radius 2 is 1.76 bits per heavy atom. The minimum Gasteiger partial charge on any atom is -0.306 e. The van der Waals surface area contributed by atoms with Gasteiger partial charge in [-0.25, -0.2) is 10.2 Å². The lowest BCUT2D eigenvalue weighted by molar-refractivity contribution is 0.705. The van der Waals surface area contributed by atoms with Crippen LogP contribution in [0.25, 0.3) is 11.2 Å². The van der Waals surface area contributed by atoms with Crippen molar-refractivity contribution in [3.05, 3.63) is 56.7 Å². The van der Waals surface area contributed by atoms with Gasteiger partial charge in [0.25, 0.3) is 5.56 Å². The maximum atomic E-state index is 12.3. The molecule has 1 N–H and O–H groups in total. The van der Waals surface area contributed by atoms with Crippen molar-refractivity contribution in [2.45, 2.75) is 13.3 Å². The smallest absolute Gasteiger partial charge is 0.306 e. The first kappa shape index (κ1) is 16.7. The molecule has 0 fully saturated rings. The summed E-state index contributed by atoms with van der Waals surface area (Å²) in [6.45, 7) is 1.91. The standard InChI is InChI=1S/C17H20N6O2/c1-11(10-12-8-6-5-7-9-12)19-20-16-18-14-13(21(16)2)15(24)23(4)17(25)22(14)3/h5-9H,10H2,1-4H3,(H,18,20)/b19-11-. The molecule has 25 heavy (non-hydrogen) atoms. The van der Waals surface area contributed by atoms with Gasteiger partial charge in [0.05, 0.1) is 0 Å². The highest BCUT2D eigenvalue weighted by atomic mass is 16.2. The first-order valence-electron chi connectivity index (χ1n) is 7.85. The van der Waals surface area contributed by atoms with Crippen LogP contribution >= 0.6 is 0 Å². The average Bonchev–Trinajstić information content (AvgIpc) is 2.94. The molecule has 3 rings (SSSR count). The third-order valence-electron chi connectivity index (χ3n) is 4.13. The molecule has 0 unspecified atom stereocenters. The fourth-order valence-electron chi connectivity index (χ4n) is 2.69. The maximum Gasteiger partial charge on any atom is 0.332 e. The summed E-state index contributed by atoms with van der Waals surface area (Å²) >= 11 is 0. The van der Waals surface area contributed by atoms with E-state index in [1.807, 2.05) is 37.3 Å². The Labute approximate surface area is 144 Å². The topological polar surface area (TPSA) is 86.2 Å². The van der Waals surface area contributed by atoms with E-state index in [1.165, 1.54) is 11.6 Å². The molecule has 0 radical (unpaired) electrons. The Morgan fingerprint density at radius 1 is 1.08 bits per heavy atom. The second-order valence-electron chi connectivity index (χ2n) is 5.99. The van der Waals surface area contributed by atoms with Gasteiger partial charge in [0.2, 0.25) is 5.95 Å². The number of aryl methyl sites for hydroxylation is 2. The molecule has 8 heteroatoms. The van der Waals surface area contributed by atoms with Crippen LogP contribution in [-0.4, -0.2) is 24.4 Å². The normalized spacial score (nSPS) is 11.9. The number of anilines is 1. The van der Waals surface area contributed by atoms with Crippen LogP contribution in [0.15, 0.2) is 45.0 Å². The molecule has 0 bridgehead atoms. The molecule has 0 spiro atoms. The summed E-state index contributed by atoms with van der Waals surface area (Å²) in [6, 6.07) is 10.0. The fraction of sp³-hybridized carbons (Fsp3) is 0.294. The van der Waals surface area contributed by atoms with Crippen LogP contribution in [0.1, 0.15) is 12.5 Å². The summed E-state index contributed by atoms with van der Waals surface area (Å²) < 4.78 is 4.02. The lowest BCUT2D eigenvalue weighted by atomic mass is 10.1. The molecule has 0 aliphatic heterocycles. The zero-order valence-corrected chi connectivity index (χ0v) is 14.6. The minimum absolute atomic E-state index is 0.328. The van der Waals surface area contributed by atoms with Gasteiger partial charge >= 0.3 is 5.69 Å². The van der Waals surface area contributed by atoms with Crippen LogP contribution in [0, 0.1) is 0 Å². The van der Waals surface area contributed by atoms with Crippen molar-refractivity contribution in [2.75, 3.05) is 5.43 Å². The van der Waals surface area contributed by atoms with Crippen molar-refractivity contribution in [2.24, 2.45) is 26.2 Å². The van der Waals surface area contributed by atoms with Gasteiger partial charge in [-0.1, -0.05) is 30.3 Å². The number of imidazole rings is 1. The molecule has 8 nitrogen and oxygen atoms in total. The van der Waals surface area contributed by atoms with Gasteiger partial charge < -0.3 is 4.57 Å². The molecule has 3 aromatic rings. The number of nitrogens with zero attached hydrogens (tertiary/aromatic N) is 5. The Bertz CT molecular complexity index is 1070. The first-order valence-corrected chi connectivity index (χ1v) is 7.85. The molecule has 2 heterocycles. The number of nitrogens with one attached hydrogen (secondary N) is 1. The molecular formula is C17H20N6O2. The van der Waals surface area contributed by atoms with Crippen molar-refractivity contribution in [3.8, 4) is 0 Å². The fourth-order valence-corrected chi connectivity index (χ4v) is 2.69. The summed E-state index contributed by atoms with van der Waals surface area (Å²) in [4.78, 5) is 28.7. The number of hydrogen-bond donors (Lipinski definition) is 1. The van der Waals surface area contributed by atoms with Gasteiger partial charge in [-0.15, -0.1) is 0 Å². The highest BCUT2D eigenvalue weighted by Gasteiger charge is 2.16. The van der Waals surface area contributed by atoms with Crippen LogP contribution < -0.4 is 16.7 Å². The quantitative estimate of drug-likeness (QED) is 0.567. The third-order valence-corrected chi connectivity index (χ3v) is 4.13. The molecule has 2 aromatic heterocycles. The van der Waals surface area contributed by atoms with E-state index in [9.17, 15) is 9.59 Å². The number of hydrazone groups is 1. The number of benzene rings is 1. The van der Waals surface area contributed by atoms with Gasteiger partial charge in [-0.2, -0.15) is 10.1 Å². The van der Waals surface area contributed by atoms with Crippen molar-refractivity contribution in [1.29, 1.82) is 0 Å². The van der Waals surface area contributed by atoms with Crippen LogP contribution in [0.5, 0.6) is 0 Å². The average molecular weight is 340 g/mol. The van der Waals surface area contributed by atoms with Crippen LogP contribution in [0.3, 0.4) is 0 Å². The highest BCUT2D eigenvalue weighted by Crippen LogP contribution is 2.13. The number of aromatic nitrogens is 4. The molecule has 0 aliphatic rings. The van der Waals surface area contributed by atoms with E-state index in [2.05, 4.69) is 15.5 Å². The van der Waals surface area contributed by atoms with Gasteiger partial charge in [-0.3, -0.25) is 13.9 Å². The summed E-state index contributed by atoms with van der Waals surface area (Å²) in [5.74, 6) is 0.403. The highest BCUT2D eigenvalue weighted by molar-refractivity contribution is 5.85. The number of rotatable bonds is 4. The second-order valence-corrected chi connectivity index (χ2v) is 5.99. The van der Waals surface area contributed by atoms with Gasteiger partial charge in [-0.05, 0) is 12.5 Å². The van der Waals surface area contributed by atoms with E-state index in [1.54, 1.807) is 18.7 Å². The Morgan fingerprint density at radius 3 is 2.44 bits per heavy atom. The monoisotopic (exact) mass is 340 g/mol.